The van der Waals surface area contributed by atoms with E-state index >= 15 is 0 Å². The van der Waals surface area contributed by atoms with E-state index < -0.39 is 5.60 Å². The van der Waals surface area contributed by atoms with Gasteiger partial charge in [-0.15, -0.1) is 0 Å². The molecule has 0 aromatic heterocycles. The second-order valence-electron chi connectivity index (χ2n) is 8.48. The number of carbonyl (C=O) groups is 2. The number of aliphatic hydroxyl groups is 1. The number of amides is 2. The molecule has 31 heavy (non-hydrogen) atoms. The van der Waals surface area contributed by atoms with Gasteiger partial charge in [-0.05, 0) is 41.7 Å². The molecule has 2 aromatic rings. The topological polar surface area (TPSA) is 113 Å². The minimum atomic E-state index is -1.14. The van der Waals surface area contributed by atoms with Crippen LogP contribution < -0.4 is 11.5 Å². The summed E-state index contributed by atoms with van der Waals surface area (Å²) in [4.78, 5) is 28.6. The average Bonchev–Trinajstić information content (AvgIpc) is 3.58. The van der Waals surface area contributed by atoms with Crippen LogP contribution in [0.15, 0.2) is 48.5 Å². The van der Waals surface area contributed by atoms with Crippen LogP contribution in [0, 0.1) is 0 Å². The minimum Gasteiger partial charge on any atom is -0.380 e. The van der Waals surface area contributed by atoms with Crippen molar-refractivity contribution in [1.82, 2.24) is 9.80 Å². The number of piperazine rings is 1. The Balaban J connectivity index is 1.37. The molecular formula is C24H30N4O3. The number of hydrogen-bond donors (Lipinski definition) is 3. The van der Waals surface area contributed by atoms with Crippen LogP contribution in [0.3, 0.4) is 0 Å². The highest BCUT2D eigenvalue weighted by molar-refractivity contribution is 5.95. The van der Waals surface area contributed by atoms with Crippen molar-refractivity contribution in [3.05, 3.63) is 59.7 Å². The highest BCUT2D eigenvalue weighted by atomic mass is 16.3. The van der Waals surface area contributed by atoms with Gasteiger partial charge in [0.25, 0.3) is 11.8 Å². The Morgan fingerprint density at radius 1 is 0.839 bits per heavy atom. The first-order valence-corrected chi connectivity index (χ1v) is 10.9. The Bertz CT molecular complexity index is 926. The lowest BCUT2D eigenvalue weighted by Gasteiger charge is -2.35. The lowest BCUT2D eigenvalue weighted by atomic mass is 9.96. The summed E-state index contributed by atoms with van der Waals surface area (Å²) in [5.74, 6) is -0.0657. The van der Waals surface area contributed by atoms with Crippen LogP contribution in [-0.2, 0) is 4.79 Å². The number of nitrogens with zero attached hydrogens (tertiary/aromatic N) is 2. The Kier molecular flexibility index (Phi) is 6.09. The number of hydrogen-bond acceptors (Lipinski definition) is 5. The maximum atomic E-state index is 12.9. The summed E-state index contributed by atoms with van der Waals surface area (Å²) in [5, 5.41) is 10.0. The molecule has 4 rings (SSSR count). The van der Waals surface area contributed by atoms with Crippen LogP contribution in [0.25, 0.3) is 11.1 Å². The average molecular weight is 423 g/mol. The third kappa shape index (κ3) is 4.49. The fourth-order valence-electron chi connectivity index (χ4n) is 4.04. The van der Waals surface area contributed by atoms with Crippen LogP contribution in [0.4, 0.5) is 0 Å². The van der Waals surface area contributed by atoms with Gasteiger partial charge in [-0.1, -0.05) is 36.4 Å². The van der Waals surface area contributed by atoms with E-state index in [0.717, 1.165) is 16.7 Å². The summed E-state index contributed by atoms with van der Waals surface area (Å²) >= 11 is 0. The Labute approximate surface area is 182 Å². The third-order valence-corrected chi connectivity index (χ3v) is 6.39. The summed E-state index contributed by atoms with van der Waals surface area (Å²) in [6.45, 7) is 2.93. The van der Waals surface area contributed by atoms with E-state index in [9.17, 15) is 14.7 Å². The molecule has 0 radical (unpaired) electrons. The van der Waals surface area contributed by atoms with Gasteiger partial charge in [-0.2, -0.15) is 0 Å². The fraction of sp³-hybridized carbons (Fsp3) is 0.417. The molecule has 164 valence electrons. The molecule has 0 spiro atoms. The monoisotopic (exact) mass is 422 g/mol. The van der Waals surface area contributed by atoms with Gasteiger partial charge in [0.15, 0.2) is 0 Å². The smallest absolute Gasteiger partial charge is 0.254 e. The van der Waals surface area contributed by atoms with Gasteiger partial charge in [0.2, 0.25) is 0 Å². The summed E-state index contributed by atoms with van der Waals surface area (Å²) in [5.41, 5.74) is 14.3. The van der Waals surface area contributed by atoms with Crippen molar-refractivity contribution < 1.29 is 14.7 Å². The SMILES string of the molecule is NCC(CN)c1ccc(-c2ccc(C(=O)N3CCN(C(=O)C4(O)CC4)CC3)cc2)cc1. The first-order valence-electron chi connectivity index (χ1n) is 10.9. The van der Waals surface area contributed by atoms with E-state index in [4.69, 9.17) is 11.5 Å². The van der Waals surface area contributed by atoms with Gasteiger partial charge in [0, 0.05) is 50.7 Å². The van der Waals surface area contributed by atoms with Crippen LogP contribution in [0.2, 0.25) is 0 Å². The Hall–Kier alpha value is -2.74. The van der Waals surface area contributed by atoms with Crippen molar-refractivity contribution in [2.75, 3.05) is 39.3 Å². The molecule has 0 bridgehead atoms. The maximum absolute atomic E-state index is 12.9. The number of benzene rings is 2. The third-order valence-electron chi connectivity index (χ3n) is 6.39. The second-order valence-corrected chi connectivity index (χ2v) is 8.48. The summed E-state index contributed by atoms with van der Waals surface area (Å²) in [6.07, 6.45) is 1.08. The van der Waals surface area contributed by atoms with Crippen molar-refractivity contribution in [1.29, 1.82) is 0 Å². The van der Waals surface area contributed by atoms with Gasteiger partial charge in [-0.25, -0.2) is 0 Å². The molecule has 1 aliphatic carbocycles. The predicted molar refractivity (Wildman–Crippen MR) is 119 cm³/mol. The molecule has 5 N–H and O–H groups in total. The molecule has 2 aliphatic rings. The lowest BCUT2D eigenvalue weighted by molar-refractivity contribution is -0.143. The summed E-state index contributed by atoms with van der Waals surface area (Å²) < 4.78 is 0. The molecular weight excluding hydrogens is 392 g/mol. The van der Waals surface area contributed by atoms with E-state index in [-0.39, 0.29) is 17.7 Å². The molecule has 1 saturated heterocycles. The molecule has 0 atom stereocenters. The van der Waals surface area contributed by atoms with E-state index in [1.165, 1.54) is 0 Å². The van der Waals surface area contributed by atoms with Crippen molar-refractivity contribution in [2.24, 2.45) is 11.5 Å². The standard InChI is InChI=1S/C24H30N4O3/c25-15-21(16-26)19-3-1-17(2-4-19)18-5-7-20(8-6-18)22(29)27-11-13-28(14-12-27)23(30)24(31)9-10-24/h1-8,21,31H,9-16,25-26H2. The molecule has 2 aromatic carbocycles. The van der Waals surface area contributed by atoms with Crippen molar-refractivity contribution in [3.63, 3.8) is 0 Å². The number of rotatable bonds is 6. The van der Waals surface area contributed by atoms with Gasteiger partial charge >= 0.3 is 0 Å². The second kappa shape index (κ2) is 8.78. The van der Waals surface area contributed by atoms with E-state index in [1.54, 1.807) is 9.80 Å². The zero-order chi connectivity index (χ0) is 22.0. The zero-order valence-electron chi connectivity index (χ0n) is 17.7. The molecule has 0 unspecified atom stereocenters. The zero-order valence-corrected chi connectivity index (χ0v) is 17.7. The first-order chi connectivity index (χ1) is 14.9. The number of nitrogens with two attached hydrogens (primary N) is 2. The molecule has 7 heteroatoms. The molecule has 1 heterocycles. The maximum Gasteiger partial charge on any atom is 0.254 e. The largest absolute Gasteiger partial charge is 0.380 e. The van der Waals surface area contributed by atoms with Crippen LogP contribution in [0.1, 0.15) is 34.7 Å². The van der Waals surface area contributed by atoms with Gasteiger partial charge in [0.1, 0.15) is 5.60 Å². The van der Waals surface area contributed by atoms with Gasteiger partial charge < -0.3 is 26.4 Å². The minimum absolute atomic E-state index is 0.0344. The van der Waals surface area contributed by atoms with Crippen molar-refractivity contribution in [3.8, 4) is 11.1 Å². The molecule has 1 saturated carbocycles. The van der Waals surface area contributed by atoms with Gasteiger partial charge in [0.05, 0.1) is 0 Å². The Morgan fingerprint density at radius 3 is 1.81 bits per heavy atom. The highest BCUT2D eigenvalue weighted by Crippen LogP contribution is 2.37. The van der Waals surface area contributed by atoms with E-state index in [2.05, 4.69) is 24.3 Å². The normalized spacial score (nSPS) is 17.7. The summed E-state index contributed by atoms with van der Waals surface area (Å²) in [7, 11) is 0. The van der Waals surface area contributed by atoms with Gasteiger partial charge in [-0.3, -0.25) is 9.59 Å². The van der Waals surface area contributed by atoms with Crippen LogP contribution in [0.5, 0.6) is 0 Å². The van der Waals surface area contributed by atoms with E-state index in [0.29, 0.717) is 57.7 Å². The van der Waals surface area contributed by atoms with Crippen molar-refractivity contribution >= 4 is 11.8 Å². The Morgan fingerprint density at radius 2 is 1.32 bits per heavy atom. The van der Waals surface area contributed by atoms with E-state index in [1.807, 2.05) is 24.3 Å². The lowest BCUT2D eigenvalue weighted by Crippen LogP contribution is -2.53. The highest BCUT2D eigenvalue weighted by Gasteiger charge is 2.50. The predicted octanol–water partition coefficient (Wildman–Crippen LogP) is 1.16. The fourth-order valence-corrected chi connectivity index (χ4v) is 4.04. The van der Waals surface area contributed by atoms with Crippen LogP contribution in [-0.4, -0.2) is 71.6 Å². The van der Waals surface area contributed by atoms with Crippen LogP contribution >= 0.6 is 0 Å². The van der Waals surface area contributed by atoms with Crippen molar-refractivity contribution in [2.45, 2.75) is 24.4 Å². The molecule has 2 fully saturated rings. The summed E-state index contributed by atoms with van der Waals surface area (Å²) in [6, 6.07) is 15.8. The molecule has 1 aliphatic heterocycles. The first kappa shape index (κ1) is 21.5. The molecule has 2 amide bonds. The number of carbonyl (C=O) groups excluding carboxylic acids is 2. The molecule has 7 nitrogen and oxygen atoms in total. The quantitative estimate of drug-likeness (QED) is 0.647.